The number of carbonyl (C=O) groups excluding carboxylic acids is 1. The molecule has 148 valence electrons. The maximum atomic E-state index is 14.0. The number of carbonyl (C=O) groups is 1. The van der Waals surface area contributed by atoms with Crippen LogP contribution in [0, 0.1) is 17.0 Å². The Kier molecular flexibility index (Phi) is 4.53. The molecule has 0 saturated carbocycles. The average molecular weight is 387 g/mol. The monoisotopic (exact) mass is 387 g/mol. The molecule has 1 atom stereocenters. The second-order valence-corrected chi connectivity index (χ2v) is 8.07. The fourth-order valence-corrected chi connectivity index (χ4v) is 4.41. The summed E-state index contributed by atoms with van der Waals surface area (Å²) < 4.78 is 27.1. The number of anilines is 1. The van der Waals surface area contributed by atoms with Crippen LogP contribution < -0.4 is 4.90 Å². The van der Waals surface area contributed by atoms with Crippen molar-refractivity contribution < 1.29 is 13.6 Å². The molecular formula is C20H23F2N5O. The van der Waals surface area contributed by atoms with E-state index in [0.717, 1.165) is 30.9 Å². The van der Waals surface area contributed by atoms with Crippen molar-refractivity contribution in [3.05, 3.63) is 53.4 Å². The van der Waals surface area contributed by atoms with Crippen LogP contribution >= 0.6 is 0 Å². The maximum absolute atomic E-state index is 14.0. The number of aromatic nitrogens is 2. The van der Waals surface area contributed by atoms with Crippen molar-refractivity contribution >= 4 is 11.9 Å². The number of halogens is 2. The Morgan fingerprint density at radius 2 is 1.96 bits per heavy atom. The number of rotatable bonds is 3. The molecule has 0 aliphatic carbocycles. The van der Waals surface area contributed by atoms with Gasteiger partial charge in [-0.3, -0.25) is 4.79 Å². The Bertz CT molecular complexity index is 913. The van der Waals surface area contributed by atoms with Gasteiger partial charge in [-0.15, -0.1) is 0 Å². The van der Waals surface area contributed by atoms with Gasteiger partial charge in [0.1, 0.15) is 11.6 Å². The molecule has 4 rings (SSSR count). The lowest BCUT2D eigenvalue weighted by Crippen LogP contribution is -2.61. The van der Waals surface area contributed by atoms with Crippen molar-refractivity contribution in [2.75, 3.05) is 52.2 Å². The van der Waals surface area contributed by atoms with Gasteiger partial charge in [-0.2, -0.15) is 0 Å². The first-order valence-electron chi connectivity index (χ1n) is 9.22. The second-order valence-electron chi connectivity index (χ2n) is 8.07. The van der Waals surface area contributed by atoms with Crippen LogP contribution in [0.2, 0.25) is 0 Å². The van der Waals surface area contributed by atoms with Crippen molar-refractivity contribution in [1.29, 1.82) is 0 Å². The van der Waals surface area contributed by atoms with Crippen LogP contribution in [0.5, 0.6) is 0 Å². The van der Waals surface area contributed by atoms with Gasteiger partial charge in [0.05, 0.1) is 11.3 Å². The lowest BCUT2D eigenvalue weighted by atomic mass is 9.70. The summed E-state index contributed by atoms with van der Waals surface area (Å²) in [6.45, 7) is 2.74. The number of amides is 1. The summed E-state index contributed by atoms with van der Waals surface area (Å²) in [5, 5.41) is 0. The molecule has 2 saturated heterocycles. The standard InChI is InChI=1S/C20H23F2N5O/c1-25(2)19-23-7-6-17(24-19)15-9-26(3)10-20(15)11-27(12-20)18(28)14-5-4-13(21)8-16(14)22/h4-8,15H,9-12H2,1-3H3. The van der Waals surface area contributed by atoms with E-state index < -0.39 is 17.5 Å². The highest BCUT2D eigenvalue weighted by molar-refractivity contribution is 5.95. The highest BCUT2D eigenvalue weighted by Gasteiger charge is 2.55. The molecule has 0 bridgehead atoms. The molecule has 3 heterocycles. The number of benzene rings is 1. The molecule has 2 fully saturated rings. The largest absolute Gasteiger partial charge is 0.347 e. The Balaban J connectivity index is 1.55. The minimum absolute atomic E-state index is 0.0870. The summed E-state index contributed by atoms with van der Waals surface area (Å²) in [5.74, 6) is -1.08. The summed E-state index contributed by atoms with van der Waals surface area (Å²) >= 11 is 0. The van der Waals surface area contributed by atoms with Gasteiger partial charge in [0.25, 0.3) is 5.91 Å². The fraction of sp³-hybridized carbons (Fsp3) is 0.450. The van der Waals surface area contributed by atoms with Crippen molar-refractivity contribution in [1.82, 2.24) is 19.8 Å². The lowest BCUT2D eigenvalue weighted by Gasteiger charge is -2.51. The van der Waals surface area contributed by atoms with E-state index in [-0.39, 0.29) is 16.9 Å². The quantitative estimate of drug-likeness (QED) is 0.806. The highest BCUT2D eigenvalue weighted by atomic mass is 19.1. The first-order chi connectivity index (χ1) is 13.3. The number of nitrogens with zero attached hydrogens (tertiary/aromatic N) is 5. The van der Waals surface area contributed by atoms with E-state index >= 15 is 0 Å². The molecule has 0 radical (unpaired) electrons. The minimum Gasteiger partial charge on any atom is -0.347 e. The van der Waals surface area contributed by atoms with Crippen molar-refractivity contribution in [2.24, 2.45) is 5.41 Å². The third-order valence-corrected chi connectivity index (χ3v) is 5.70. The normalized spacial score (nSPS) is 21.0. The summed E-state index contributed by atoms with van der Waals surface area (Å²) in [7, 11) is 5.85. The number of likely N-dealkylation sites (N-methyl/N-ethyl adjacent to an activating group) is 1. The Morgan fingerprint density at radius 1 is 1.21 bits per heavy atom. The van der Waals surface area contributed by atoms with E-state index in [0.29, 0.717) is 19.0 Å². The molecular weight excluding hydrogens is 364 g/mol. The van der Waals surface area contributed by atoms with Crippen LogP contribution in [0.4, 0.5) is 14.7 Å². The Morgan fingerprint density at radius 3 is 2.64 bits per heavy atom. The third kappa shape index (κ3) is 3.11. The number of hydrogen-bond acceptors (Lipinski definition) is 5. The molecule has 8 heteroatoms. The van der Waals surface area contributed by atoms with Crippen molar-refractivity contribution in [2.45, 2.75) is 5.92 Å². The van der Waals surface area contributed by atoms with Crippen LogP contribution in [0.25, 0.3) is 0 Å². The first kappa shape index (κ1) is 18.7. The van der Waals surface area contributed by atoms with E-state index in [9.17, 15) is 13.6 Å². The van der Waals surface area contributed by atoms with Crippen LogP contribution in [0.3, 0.4) is 0 Å². The maximum Gasteiger partial charge on any atom is 0.256 e. The molecule has 28 heavy (non-hydrogen) atoms. The van der Waals surface area contributed by atoms with Gasteiger partial charge in [0, 0.05) is 63.9 Å². The minimum atomic E-state index is -0.822. The first-order valence-corrected chi connectivity index (χ1v) is 9.22. The number of hydrogen-bond donors (Lipinski definition) is 0. The van der Waals surface area contributed by atoms with Crippen molar-refractivity contribution in [3.63, 3.8) is 0 Å². The van der Waals surface area contributed by atoms with E-state index in [2.05, 4.69) is 16.9 Å². The molecule has 1 unspecified atom stereocenters. The molecule has 1 aromatic heterocycles. The molecule has 2 aromatic rings. The van der Waals surface area contributed by atoms with E-state index in [1.54, 1.807) is 11.1 Å². The zero-order chi connectivity index (χ0) is 20.1. The van der Waals surface area contributed by atoms with E-state index in [1.165, 1.54) is 6.07 Å². The van der Waals surface area contributed by atoms with Crippen LogP contribution in [-0.4, -0.2) is 73.0 Å². The zero-order valence-electron chi connectivity index (χ0n) is 16.2. The van der Waals surface area contributed by atoms with Gasteiger partial charge in [-0.05, 0) is 25.2 Å². The van der Waals surface area contributed by atoms with E-state index in [1.807, 2.05) is 25.1 Å². The smallest absolute Gasteiger partial charge is 0.256 e. The molecule has 1 amide bonds. The molecule has 6 nitrogen and oxygen atoms in total. The summed E-state index contributed by atoms with van der Waals surface area (Å²) in [5.41, 5.74) is 0.762. The topological polar surface area (TPSA) is 52.6 Å². The predicted molar refractivity (Wildman–Crippen MR) is 101 cm³/mol. The Labute approximate surface area is 162 Å². The van der Waals surface area contributed by atoms with Crippen LogP contribution in [0.15, 0.2) is 30.5 Å². The molecule has 1 spiro atoms. The van der Waals surface area contributed by atoms with Gasteiger partial charge >= 0.3 is 0 Å². The van der Waals surface area contributed by atoms with Gasteiger partial charge in [0.2, 0.25) is 5.95 Å². The SMILES string of the molecule is CN1CC(c2ccnc(N(C)C)n2)C2(C1)CN(C(=O)c1ccc(F)cc1F)C2. The van der Waals surface area contributed by atoms with Crippen LogP contribution in [-0.2, 0) is 0 Å². The summed E-state index contributed by atoms with van der Waals surface area (Å²) in [6.07, 6.45) is 1.76. The molecule has 2 aliphatic heterocycles. The summed E-state index contributed by atoms with van der Waals surface area (Å²) in [4.78, 5) is 27.4. The highest BCUT2D eigenvalue weighted by Crippen LogP contribution is 2.48. The molecule has 2 aliphatic rings. The predicted octanol–water partition coefficient (Wildman–Crippen LogP) is 1.99. The lowest BCUT2D eigenvalue weighted by molar-refractivity contribution is 0.00320. The molecule has 1 aromatic carbocycles. The zero-order valence-corrected chi connectivity index (χ0v) is 16.2. The van der Waals surface area contributed by atoms with Gasteiger partial charge < -0.3 is 14.7 Å². The van der Waals surface area contributed by atoms with Gasteiger partial charge in [0.15, 0.2) is 0 Å². The average Bonchev–Trinajstić information content (AvgIpc) is 2.97. The Hall–Kier alpha value is -2.61. The third-order valence-electron chi connectivity index (χ3n) is 5.70. The molecule has 0 N–H and O–H groups in total. The van der Waals surface area contributed by atoms with E-state index in [4.69, 9.17) is 4.98 Å². The summed E-state index contributed by atoms with van der Waals surface area (Å²) in [6, 6.07) is 5.01. The fourth-order valence-electron chi connectivity index (χ4n) is 4.41. The van der Waals surface area contributed by atoms with Crippen LogP contribution in [0.1, 0.15) is 22.0 Å². The van der Waals surface area contributed by atoms with Gasteiger partial charge in [-0.25, -0.2) is 18.7 Å². The second kappa shape index (κ2) is 6.77. The van der Waals surface area contributed by atoms with Gasteiger partial charge in [-0.1, -0.05) is 0 Å². The van der Waals surface area contributed by atoms with Crippen molar-refractivity contribution in [3.8, 4) is 0 Å². The number of likely N-dealkylation sites (tertiary alicyclic amines) is 2.